The zero-order chi connectivity index (χ0) is 12.7. The smallest absolute Gasteiger partial charge is 0.125 e. The van der Waals surface area contributed by atoms with E-state index in [1.54, 1.807) is 6.07 Å². The number of hydrogen-bond acceptors (Lipinski definition) is 3. The molecule has 3 nitrogen and oxygen atoms in total. The Labute approximate surface area is 110 Å². The fourth-order valence-corrected chi connectivity index (χ4v) is 6.16. The van der Waals surface area contributed by atoms with Gasteiger partial charge in [-0.2, -0.15) is 0 Å². The van der Waals surface area contributed by atoms with Crippen molar-refractivity contribution in [1.82, 2.24) is 9.34 Å². The van der Waals surface area contributed by atoms with E-state index in [1.807, 2.05) is 12.1 Å². The second kappa shape index (κ2) is 4.80. The molecule has 2 aliphatic rings. The molecule has 0 spiro atoms. The summed E-state index contributed by atoms with van der Waals surface area (Å²) in [7, 11) is 3.94. The lowest BCUT2D eigenvalue weighted by Gasteiger charge is -2.29. The van der Waals surface area contributed by atoms with Gasteiger partial charge in [0.15, 0.2) is 0 Å². The minimum Gasteiger partial charge on any atom is -0.507 e. The highest BCUT2D eigenvalue weighted by Crippen LogP contribution is 2.55. The second-order valence-corrected chi connectivity index (χ2v) is 7.67. The Morgan fingerprint density at radius 3 is 2.17 bits per heavy atom. The highest BCUT2D eigenvalue weighted by molar-refractivity contribution is 7.61. The molecule has 0 bridgehead atoms. The summed E-state index contributed by atoms with van der Waals surface area (Å²) in [6.45, 7) is 0. The topological polar surface area (TPSA) is 26.7 Å². The van der Waals surface area contributed by atoms with Crippen LogP contribution >= 0.6 is 8.22 Å². The summed E-state index contributed by atoms with van der Waals surface area (Å²) in [6.07, 6.45) is 5.31. The lowest BCUT2D eigenvalue weighted by Crippen LogP contribution is -2.37. The van der Waals surface area contributed by atoms with Gasteiger partial charge in [0.1, 0.15) is 5.75 Å². The molecule has 3 rings (SSSR count). The molecule has 1 aromatic carbocycles. The highest BCUT2D eigenvalue weighted by atomic mass is 31.1. The standard InChI is InChI=1S/C14H21N2OP/c1-15-11-7-3-4-8-12(11)16(2)18(15)14-10-6-5-9-13(14)17/h5-6,9-12,17H,3-4,7-8H2,1-2H3/t11-,12-/m1/s1. The van der Waals surface area contributed by atoms with Gasteiger partial charge in [-0.3, -0.25) is 9.34 Å². The molecule has 18 heavy (non-hydrogen) atoms. The molecule has 0 aromatic heterocycles. The molecule has 1 aromatic rings. The van der Waals surface area contributed by atoms with E-state index in [2.05, 4.69) is 29.5 Å². The number of likely N-dealkylation sites (N-methyl/N-ethyl adjacent to an activating group) is 2. The zero-order valence-electron chi connectivity index (χ0n) is 11.1. The average Bonchev–Trinajstić information content (AvgIpc) is 2.64. The Bertz CT molecular complexity index is 422. The van der Waals surface area contributed by atoms with Gasteiger partial charge < -0.3 is 5.11 Å². The van der Waals surface area contributed by atoms with Crippen LogP contribution in [0.5, 0.6) is 5.75 Å². The molecule has 2 atom stereocenters. The molecular weight excluding hydrogens is 243 g/mol. The van der Waals surface area contributed by atoms with Crippen molar-refractivity contribution in [2.45, 2.75) is 37.8 Å². The highest BCUT2D eigenvalue weighted by Gasteiger charge is 2.45. The first-order chi connectivity index (χ1) is 8.70. The van der Waals surface area contributed by atoms with E-state index in [1.165, 1.54) is 25.7 Å². The Hall–Kier alpha value is -0.630. The largest absolute Gasteiger partial charge is 0.507 e. The van der Waals surface area contributed by atoms with Crippen LogP contribution in [0.1, 0.15) is 25.7 Å². The third-order valence-corrected chi connectivity index (χ3v) is 6.95. The van der Waals surface area contributed by atoms with Gasteiger partial charge in [-0.1, -0.05) is 25.0 Å². The number of rotatable bonds is 1. The van der Waals surface area contributed by atoms with E-state index in [-0.39, 0.29) is 0 Å². The first-order valence-electron chi connectivity index (χ1n) is 6.74. The maximum atomic E-state index is 10.1. The van der Waals surface area contributed by atoms with Gasteiger partial charge in [-0.15, -0.1) is 0 Å². The average molecular weight is 264 g/mol. The maximum Gasteiger partial charge on any atom is 0.125 e. The van der Waals surface area contributed by atoms with E-state index >= 15 is 0 Å². The van der Waals surface area contributed by atoms with E-state index in [0.717, 1.165) is 5.30 Å². The number of aromatic hydroxyl groups is 1. The van der Waals surface area contributed by atoms with Crippen molar-refractivity contribution in [2.24, 2.45) is 0 Å². The first kappa shape index (κ1) is 12.4. The van der Waals surface area contributed by atoms with Crippen LogP contribution in [0.25, 0.3) is 0 Å². The van der Waals surface area contributed by atoms with Gasteiger partial charge >= 0.3 is 0 Å². The Morgan fingerprint density at radius 1 is 1.06 bits per heavy atom. The number of para-hydroxylation sites is 1. The molecule has 1 aliphatic heterocycles. The Morgan fingerprint density at radius 2 is 1.61 bits per heavy atom. The van der Waals surface area contributed by atoms with E-state index in [4.69, 9.17) is 0 Å². The fourth-order valence-electron chi connectivity index (χ4n) is 3.44. The lowest BCUT2D eigenvalue weighted by molar-refractivity contribution is 0.233. The van der Waals surface area contributed by atoms with Crippen LogP contribution in [0.15, 0.2) is 24.3 Å². The van der Waals surface area contributed by atoms with Gasteiger partial charge in [0, 0.05) is 17.4 Å². The molecule has 1 aliphatic carbocycles. The van der Waals surface area contributed by atoms with Crippen LogP contribution in [0.2, 0.25) is 0 Å². The van der Waals surface area contributed by atoms with Crippen LogP contribution in [0.3, 0.4) is 0 Å². The third-order valence-electron chi connectivity index (χ3n) is 4.35. The van der Waals surface area contributed by atoms with E-state index in [0.29, 0.717) is 17.8 Å². The van der Waals surface area contributed by atoms with Gasteiger partial charge in [0.05, 0.1) is 8.22 Å². The molecule has 0 unspecified atom stereocenters. The number of phenols is 1. The van der Waals surface area contributed by atoms with E-state index in [9.17, 15) is 5.11 Å². The van der Waals surface area contributed by atoms with Crippen LogP contribution in [0.4, 0.5) is 0 Å². The zero-order valence-corrected chi connectivity index (χ0v) is 12.0. The normalized spacial score (nSPS) is 30.6. The fraction of sp³-hybridized carbons (Fsp3) is 0.571. The molecule has 4 heteroatoms. The molecule has 98 valence electrons. The van der Waals surface area contributed by atoms with Crippen LogP contribution in [-0.4, -0.2) is 40.6 Å². The number of nitrogens with zero attached hydrogens (tertiary/aromatic N) is 2. The molecule has 0 amide bonds. The Balaban J connectivity index is 1.95. The van der Waals surface area contributed by atoms with Crippen molar-refractivity contribution in [3.8, 4) is 5.75 Å². The van der Waals surface area contributed by atoms with Crippen LogP contribution in [0, 0.1) is 0 Å². The van der Waals surface area contributed by atoms with Gasteiger partial charge in [0.25, 0.3) is 0 Å². The molecular formula is C14H21N2OP. The third kappa shape index (κ3) is 1.85. The summed E-state index contributed by atoms with van der Waals surface area (Å²) in [6, 6.07) is 9.16. The molecule has 1 N–H and O–H groups in total. The SMILES string of the molecule is CN1[C@@H]2CCCC[C@H]2N(C)P1c1ccccc1O. The number of phenolic OH excluding ortho intramolecular Hbond substituents is 1. The van der Waals surface area contributed by atoms with Crippen LogP contribution in [-0.2, 0) is 0 Å². The summed E-state index contributed by atoms with van der Waals surface area (Å²) in [5.41, 5.74) is 0. The van der Waals surface area contributed by atoms with Crippen molar-refractivity contribution in [3.05, 3.63) is 24.3 Å². The number of hydrogen-bond donors (Lipinski definition) is 1. The van der Waals surface area contributed by atoms with Gasteiger partial charge in [-0.25, -0.2) is 0 Å². The molecule has 1 saturated heterocycles. The minimum absolute atomic E-state index is 0.445. The Kier molecular flexibility index (Phi) is 3.31. The quantitative estimate of drug-likeness (QED) is 0.790. The van der Waals surface area contributed by atoms with E-state index < -0.39 is 8.22 Å². The predicted octanol–water partition coefficient (Wildman–Crippen LogP) is 2.52. The predicted molar refractivity (Wildman–Crippen MR) is 76.2 cm³/mol. The summed E-state index contributed by atoms with van der Waals surface area (Å²) in [4.78, 5) is 0. The van der Waals surface area contributed by atoms with Gasteiger partial charge in [-0.05, 0) is 39.1 Å². The second-order valence-electron chi connectivity index (χ2n) is 5.34. The van der Waals surface area contributed by atoms with Crippen molar-refractivity contribution in [1.29, 1.82) is 0 Å². The summed E-state index contributed by atoms with van der Waals surface area (Å²) in [5.74, 6) is 0.445. The number of benzene rings is 1. The van der Waals surface area contributed by atoms with Crippen molar-refractivity contribution in [3.63, 3.8) is 0 Å². The summed E-state index contributed by atoms with van der Waals surface area (Å²) < 4.78 is 5.02. The summed E-state index contributed by atoms with van der Waals surface area (Å²) in [5, 5.41) is 11.2. The first-order valence-corrected chi connectivity index (χ1v) is 7.98. The molecule has 2 fully saturated rings. The number of fused-ring (bicyclic) bond motifs is 1. The monoisotopic (exact) mass is 264 g/mol. The van der Waals surface area contributed by atoms with Crippen molar-refractivity contribution >= 4 is 13.5 Å². The lowest BCUT2D eigenvalue weighted by atomic mass is 9.91. The molecule has 0 radical (unpaired) electrons. The van der Waals surface area contributed by atoms with Gasteiger partial charge in [0.2, 0.25) is 0 Å². The molecule has 1 saturated carbocycles. The summed E-state index contributed by atoms with van der Waals surface area (Å²) >= 11 is 0. The maximum absolute atomic E-state index is 10.1. The van der Waals surface area contributed by atoms with Crippen molar-refractivity contribution in [2.75, 3.05) is 14.1 Å². The van der Waals surface area contributed by atoms with Crippen LogP contribution < -0.4 is 5.30 Å². The minimum atomic E-state index is -0.517. The molecule has 1 heterocycles. The van der Waals surface area contributed by atoms with Crippen molar-refractivity contribution < 1.29 is 5.11 Å².